The number of ether oxygens (including phenoxy) is 1. The van der Waals surface area contributed by atoms with Crippen LogP contribution in [0.1, 0.15) is 17.0 Å². The van der Waals surface area contributed by atoms with Crippen LogP contribution in [0.3, 0.4) is 0 Å². The van der Waals surface area contributed by atoms with Crippen LogP contribution in [-0.4, -0.2) is 10.2 Å². The lowest BCUT2D eigenvalue weighted by Gasteiger charge is -2.22. The molecule has 0 saturated heterocycles. The van der Waals surface area contributed by atoms with Gasteiger partial charge in [-0.15, -0.1) is 0 Å². The molecule has 3 N–H and O–H groups in total. The second-order valence-corrected chi connectivity index (χ2v) is 3.99. The lowest BCUT2D eigenvalue weighted by atomic mass is 9.86. The molecular formula is C13H10N4O. The fraction of sp³-hybridized carbons (Fsp3) is 0.0769. The van der Waals surface area contributed by atoms with Gasteiger partial charge in [0.05, 0.1) is 12.1 Å². The first-order valence-corrected chi connectivity index (χ1v) is 5.47. The second-order valence-electron chi connectivity index (χ2n) is 3.99. The zero-order valence-electron chi connectivity index (χ0n) is 9.42. The predicted molar refractivity (Wildman–Crippen MR) is 64.3 cm³/mol. The van der Waals surface area contributed by atoms with E-state index in [4.69, 9.17) is 10.5 Å². The number of aromatic amines is 1. The van der Waals surface area contributed by atoms with E-state index in [1.165, 1.54) is 0 Å². The minimum absolute atomic E-state index is 0.128. The number of aromatic nitrogens is 2. The molecular weight excluding hydrogens is 228 g/mol. The first kappa shape index (κ1) is 10.4. The molecule has 2 aromatic rings. The van der Waals surface area contributed by atoms with Gasteiger partial charge < -0.3 is 10.5 Å². The Kier molecular flexibility index (Phi) is 2.27. The molecule has 0 saturated carbocycles. The van der Waals surface area contributed by atoms with Crippen LogP contribution in [0.25, 0.3) is 0 Å². The van der Waals surface area contributed by atoms with Crippen molar-refractivity contribution >= 4 is 0 Å². The zero-order chi connectivity index (χ0) is 12.5. The van der Waals surface area contributed by atoms with Crippen LogP contribution in [0.15, 0.2) is 48.0 Å². The fourth-order valence-electron chi connectivity index (χ4n) is 2.15. The number of nitrogens with one attached hydrogen (secondary N) is 1. The van der Waals surface area contributed by atoms with Crippen LogP contribution in [0.4, 0.5) is 0 Å². The molecule has 1 aromatic heterocycles. The van der Waals surface area contributed by atoms with Crippen LogP contribution in [0.2, 0.25) is 0 Å². The van der Waals surface area contributed by atoms with Gasteiger partial charge in [0.1, 0.15) is 11.6 Å². The Bertz CT molecular complexity index is 651. The molecule has 0 unspecified atom stereocenters. The second kappa shape index (κ2) is 3.93. The molecule has 5 nitrogen and oxygen atoms in total. The lowest BCUT2D eigenvalue weighted by Crippen LogP contribution is -2.20. The summed E-state index contributed by atoms with van der Waals surface area (Å²) in [5.41, 5.74) is 8.01. The molecule has 1 aromatic carbocycles. The summed E-state index contributed by atoms with van der Waals surface area (Å²) in [6.07, 6.45) is 1.66. The van der Waals surface area contributed by atoms with Gasteiger partial charge in [-0.05, 0) is 5.56 Å². The molecule has 88 valence electrons. The van der Waals surface area contributed by atoms with E-state index in [0.29, 0.717) is 11.5 Å². The first-order chi connectivity index (χ1) is 8.81. The zero-order valence-corrected chi connectivity index (χ0v) is 9.42. The monoisotopic (exact) mass is 238 g/mol. The van der Waals surface area contributed by atoms with Crippen molar-refractivity contribution in [3.05, 3.63) is 59.1 Å². The Balaban J connectivity index is 2.20. The number of H-pyrrole nitrogens is 1. The number of hydrogen-bond acceptors (Lipinski definition) is 4. The Morgan fingerprint density at radius 2 is 2.11 bits per heavy atom. The Hall–Kier alpha value is -2.74. The molecule has 3 rings (SSSR count). The number of rotatable bonds is 1. The maximum atomic E-state index is 9.26. The van der Waals surface area contributed by atoms with E-state index < -0.39 is 0 Å². The molecule has 0 amide bonds. The van der Waals surface area contributed by atoms with Crippen LogP contribution in [0, 0.1) is 11.3 Å². The summed E-state index contributed by atoms with van der Waals surface area (Å²) in [6, 6.07) is 11.8. The largest absolute Gasteiger partial charge is 0.422 e. The third-order valence-corrected chi connectivity index (χ3v) is 2.96. The van der Waals surface area contributed by atoms with Crippen molar-refractivity contribution in [1.82, 2.24) is 10.2 Å². The Morgan fingerprint density at radius 1 is 1.33 bits per heavy atom. The van der Waals surface area contributed by atoms with E-state index in [1.54, 1.807) is 6.20 Å². The van der Waals surface area contributed by atoms with Crippen molar-refractivity contribution in [3.8, 4) is 11.9 Å². The van der Waals surface area contributed by atoms with Crippen LogP contribution in [0.5, 0.6) is 5.88 Å². The number of fused-ring (bicyclic) bond motifs is 1. The van der Waals surface area contributed by atoms with Crippen LogP contribution < -0.4 is 10.5 Å². The summed E-state index contributed by atoms with van der Waals surface area (Å²) < 4.78 is 5.34. The molecule has 0 fully saturated rings. The summed E-state index contributed by atoms with van der Waals surface area (Å²) in [5, 5.41) is 15.9. The Morgan fingerprint density at radius 3 is 2.83 bits per heavy atom. The van der Waals surface area contributed by atoms with E-state index in [1.807, 2.05) is 30.3 Å². The average molecular weight is 238 g/mol. The van der Waals surface area contributed by atoms with Gasteiger partial charge in [0, 0.05) is 5.56 Å². The number of nitrogens with zero attached hydrogens (tertiary/aromatic N) is 2. The SMILES string of the molecule is N#CC1=C(N)Oc2[nH]ncc2[C@H]1c1ccccc1. The molecule has 0 bridgehead atoms. The number of hydrogen-bond donors (Lipinski definition) is 2. The quantitative estimate of drug-likeness (QED) is 0.790. The van der Waals surface area contributed by atoms with Gasteiger partial charge in [0.2, 0.25) is 11.8 Å². The van der Waals surface area contributed by atoms with E-state index in [0.717, 1.165) is 11.1 Å². The Labute approximate surface area is 103 Å². The normalized spacial score (nSPS) is 17.8. The van der Waals surface area contributed by atoms with Gasteiger partial charge >= 0.3 is 0 Å². The highest BCUT2D eigenvalue weighted by Crippen LogP contribution is 2.40. The van der Waals surface area contributed by atoms with Crippen molar-refractivity contribution in [3.63, 3.8) is 0 Å². The third-order valence-electron chi connectivity index (χ3n) is 2.96. The van der Waals surface area contributed by atoms with Crippen molar-refractivity contribution in [1.29, 1.82) is 5.26 Å². The highest BCUT2D eigenvalue weighted by Gasteiger charge is 2.31. The molecule has 1 atom stereocenters. The van der Waals surface area contributed by atoms with Gasteiger partial charge in [0.25, 0.3) is 0 Å². The maximum Gasteiger partial charge on any atom is 0.221 e. The highest BCUT2D eigenvalue weighted by atomic mass is 16.5. The van der Waals surface area contributed by atoms with Crippen LogP contribution in [-0.2, 0) is 0 Å². The molecule has 0 aliphatic carbocycles. The first-order valence-electron chi connectivity index (χ1n) is 5.47. The summed E-state index contributed by atoms with van der Waals surface area (Å²) in [4.78, 5) is 0. The standard InChI is InChI=1S/C13H10N4O/c14-6-9-11(8-4-2-1-3-5-8)10-7-16-17-13(10)18-12(9)15/h1-5,7,11H,15H2,(H,16,17)/t11-/m0/s1. The minimum atomic E-state index is -0.223. The topological polar surface area (TPSA) is 87.7 Å². The molecule has 2 heterocycles. The molecule has 18 heavy (non-hydrogen) atoms. The number of allylic oxidation sites excluding steroid dienone is 1. The van der Waals surface area contributed by atoms with Gasteiger partial charge in [-0.25, -0.2) is 5.10 Å². The van der Waals surface area contributed by atoms with Crippen LogP contribution >= 0.6 is 0 Å². The van der Waals surface area contributed by atoms with Gasteiger partial charge in [0.15, 0.2) is 0 Å². The summed E-state index contributed by atoms with van der Waals surface area (Å²) in [7, 11) is 0. The summed E-state index contributed by atoms with van der Waals surface area (Å²) >= 11 is 0. The average Bonchev–Trinajstić information content (AvgIpc) is 2.85. The number of benzene rings is 1. The lowest BCUT2D eigenvalue weighted by molar-refractivity contribution is 0.379. The summed E-state index contributed by atoms with van der Waals surface area (Å²) in [6.45, 7) is 0. The molecule has 0 spiro atoms. The van der Waals surface area contributed by atoms with Crippen molar-refractivity contribution in [2.75, 3.05) is 0 Å². The van der Waals surface area contributed by atoms with Crippen molar-refractivity contribution in [2.45, 2.75) is 5.92 Å². The number of nitrogens with two attached hydrogens (primary N) is 1. The summed E-state index contributed by atoms with van der Waals surface area (Å²) in [5.74, 6) is 0.405. The van der Waals surface area contributed by atoms with Crippen molar-refractivity contribution in [2.24, 2.45) is 5.73 Å². The maximum absolute atomic E-state index is 9.26. The predicted octanol–water partition coefficient (Wildman–Crippen LogP) is 1.63. The van der Waals surface area contributed by atoms with E-state index in [-0.39, 0.29) is 11.8 Å². The van der Waals surface area contributed by atoms with Gasteiger partial charge in [-0.2, -0.15) is 10.4 Å². The van der Waals surface area contributed by atoms with E-state index >= 15 is 0 Å². The fourth-order valence-corrected chi connectivity index (χ4v) is 2.15. The highest BCUT2D eigenvalue weighted by molar-refractivity contribution is 5.52. The van der Waals surface area contributed by atoms with Gasteiger partial charge in [-0.3, -0.25) is 0 Å². The third kappa shape index (κ3) is 1.44. The minimum Gasteiger partial charge on any atom is -0.422 e. The number of nitriles is 1. The van der Waals surface area contributed by atoms with E-state index in [2.05, 4.69) is 16.3 Å². The van der Waals surface area contributed by atoms with E-state index in [9.17, 15) is 5.26 Å². The van der Waals surface area contributed by atoms with Crippen molar-refractivity contribution < 1.29 is 4.74 Å². The molecule has 1 aliphatic heterocycles. The molecule has 0 radical (unpaired) electrons. The smallest absolute Gasteiger partial charge is 0.221 e. The van der Waals surface area contributed by atoms with Gasteiger partial charge in [-0.1, -0.05) is 30.3 Å². The molecule has 1 aliphatic rings. The molecule has 5 heteroatoms.